The Morgan fingerprint density at radius 3 is 2.69 bits per heavy atom. The van der Waals surface area contributed by atoms with Gasteiger partial charge in [0, 0.05) is 19.2 Å². The van der Waals surface area contributed by atoms with Crippen molar-refractivity contribution in [3.63, 3.8) is 0 Å². The van der Waals surface area contributed by atoms with Crippen molar-refractivity contribution in [2.45, 2.75) is 45.1 Å². The predicted molar refractivity (Wildman–Crippen MR) is 109 cm³/mol. The van der Waals surface area contributed by atoms with E-state index in [9.17, 15) is 14.3 Å². The van der Waals surface area contributed by atoms with Crippen molar-refractivity contribution in [1.29, 1.82) is 0 Å². The highest BCUT2D eigenvalue weighted by Gasteiger charge is 2.42. The summed E-state index contributed by atoms with van der Waals surface area (Å²) in [5.41, 5.74) is 0.0483. The molecule has 4 rings (SSSR count). The average molecular weight is 405 g/mol. The SMILES string of the molecule is CCN1CCC([C@H]2C[C@H]2CCOc2ccc(C(=O)N3CCC(O)C3)c(F)c2)CC1. The van der Waals surface area contributed by atoms with Crippen LogP contribution in [-0.4, -0.2) is 66.2 Å². The second-order valence-electron chi connectivity index (χ2n) is 8.90. The maximum atomic E-state index is 14.4. The van der Waals surface area contributed by atoms with Crippen LogP contribution in [0.1, 0.15) is 49.4 Å². The third kappa shape index (κ3) is 4.92. The molecule has 0 bridgehead atoms. The standard InChI is InChI=1S/C23H33FN2O3/c1-2-25-9-5-16(6-10-25)21-13-17(21)8-12-29-19-3-4-20(22(24)14-19)23(28)26-11-7-18(27)15-26/h3-4,14,16-18,21,27H,2,5-13,15H2,1H3/t17-,18?,21-/m1/s1. The van der Waals surface area contributed by atoms with Crippen LogP contribution in [0, 0.1) is 23.6 Å². The molecule has 3 fully saturated rings. The highest BCUT2D eigenvalue weighted by Crippen LogP contribution is 2.49. The second kappa shape index (κ2) is 9.00. The van der Waals surface area contributed by atoms with Gasteiger partial charge in [0.1, 0.15) is 11.6 Å². The summed E-state index contributed by atoms with van der Waals surface area (Å²) < 4.78 is 20.2. The quantitative estimate of drug-likeness (QED) is 0.759. The van der Waals surface area contributed by atoms with Crippen LogP contribution >= 0.6 is 0 Å². The first-order valence-electron chi connectivity index (χ1n) is 11.2. The molecule has 1 N–H and O–H groups in total. The number of nitrogens with zero attached hydrogens (tertiary/aromatic N) is 2. The van der Waals surface area contributed by atoms with Crippen molar-refractivity contribution in [2.24, 2.45) is 17.8 Å². The van der Waals surface area contributed by atoms with E-state index in [2.05, 4.69) is 11.8 Å². The Hall–Kier alpha value is -1.66. The van der Waals surface area contributed by atoms with Crippen LogP contribution in [0.4, 0.5) is 4.39 Å². The minimum absolute atomic E-state index is 0.0483. The van der Waals surface area contributed by atoms with Gasteiger partial charge in [-0.1, -0.05) is 6.92 Å². The van der Waals surface area contributed by atoms with Gasteiger partial charge in [0.25, 0.3) is 5.91 Å². The molecule has 5 nitrogen and oxygen atoms in total. The van der Waals surface area contributed by atoms with E-state index in [0.717, 1.165) is 30.7 Å². The summed E-state index contributed by atoms with van der Waals surface area (Å²) in [5.74, 6) is 2.04. The molecule has 1 aromatic carbocycles. The number of likely N-dealkylation sites (tertiary alicyclic amines) is 2. The molecule has 0 radical (unpaired) electrons. The maximum absolute atomic E-state index is 14.4. The van der Waals surface area contributed by atoms with Gasteiger partial charge in [0.15, 0.2) is 0 Å². The van der Waals surface area contributed by atoms with Gasteiger partial charge >= 0.3 is 0 Å². The van der Waals surface area contributed by atoms with Gasteiger partial charge in [-0.25, -0.2) is 4.39 Å². The number of halogens is 1. The molecule has 0 spiro atoms. The van der Waals surface area contributed by atoms with E-state index in [1.54, 1.807) is 6.07 Å². The number of amides is 1. The smallest absolute Gasteiger partial charge is 0.256 e. The molecule has 29 heavy (non-hydrogen) atoms. The van der Waals surface area contributed by atoms with E-state index < -0.39 is 11.9 Å². The summed E-state index contributed by atoms with van der Waals surface area (Å²) >= 11 is 0. The van der Waals surface area contributed by atoms with Crippen molar-refractivity contribution in [2.75, 3.05) is 39.3 Å². The zero-order valence-corrected chi connectivity index (χ0v) is 17.4. The Morgan fingerprint density at radius 2 is 2.03 bits per heavy atom. The molecule has 6 heteroatoms. The number of carbonyl (C=O) groups is 1. The molecule has 1 aliphatic carbocycles. The average Bonchev–Trinajstić information content (AvgIpc) is 3.37. The van der Waals surface area contributed by atoms with Crippen LogP contribution < -0.4 is 4.74 Å². The molecule has 160 valence electrons. The number of aliphatic hydroxyl groups is 1. The van der Waals surface area contributed by atoms with E-state index in [4.69, 9.17) is 4.74 Å². The van der Waals surface area contributed by atoms with Gasteiger partial charge in [-0.15, -0.1) is 0 Å². The fraction of sp³-hybridized carbons (Fsp3) is 0.696. The van der Waals surface area contributed by atoms with Gasteiger partial charge in [0.2, 0.25) is 0 Å². The van der Waals surface area contributed by atoms with E-state index >= 15 is 0 Å². The minimum Gasteiger partial charge on any atom is -0.493 e. The molecule has 1 unspecified atom stereocenters. The summed E-state index contributed by atoms with van der Waals surface area (Å²) in [6, 6.07) is 4.48. The molecular formula is C23H33FN2O3. The monoisotopic (exact) mass is 404 g/mol. The molecule has 3 aliphatic rings. The first kappa shape index (κ1) is 20.6. The highest BCUT2D eigenvalue weighted by atomic mass is 19.1. The minimum atomic E-state index is -0.555. The van der Waals surface area contributed by atoms with Crippen LogP contribution in [-0.2, 0) is 0 Å². The van der Waals surface area contributed by atoms with E-state index in [-0.39, 0.29) is 18.0 Å². The lowest BCUT2D eigenvalue weighted by molar-refractivity contribution is 0.0760. The lowest BCUT2D eigenvalue weighted by atomic mass is 9.90. The molecule has 1 amide bonds. The lowest BCUT2D eigenvalue weighted by Crippen LogP contribution is -2.34. The van der Waals surface area contributed by atoms with Gasteiger partial charge in [-0.05, 0) is 81.6 Å². The Labute approximate surface area is 172 Å². The first-order chi connectivity index (χ1) is 14.0. The Balaban J connectivity index is 1.21. The Morgan fingerprint density at radius 1 is 1.24 bits per heavy atom. The molecule has 1 aromatic rings. The predicted octanol–water partition coefficient (Wildman–Crippen LogP) is 3.17. The number of hydrogen-bond donors (Lipinski definition) is 1. The summed E-state index contributed by atoms with van der Waals surface area (Å²) in [6.45, 7) is 7.22. The summed E-state index contributed by atoms with van der Waals surface area (Å²) in [5, 5.41) is 9.57. The van der Waals surface area contributed by atoms with Gasteiger partial charge < -0.3 is 19.6 Å². The number of benzene rings is 1. The normalized spacial score (nSPS) is 28.0. The number of β-amino-alcohol motifs (C(OH)–C–C–N with tert-alkyl or cyclic N) is 1. The largest absolute Gasteiger partial charge is 0.493 e. The van der Waals surface area contributed by atoms with Gasteiger partial charge in [0.05, 0.1) is 18.3 Å². The molecule has 2 aliphatic heterocycles. The van der Waals surface area contributed by atoms with Crippen LogP contribution in [0.15, 0.2) is 18.2 Å². The van der Waals surface area contributed by atoms with Crippen LogP contribution in [0.25, 0.3) is 0 Å². The molecule has 2 saturated heterocycles. The zero-order chi connectivity index (χ0) is 20.4. The van der Waals surface area contributed by atoms with E-state index in [0.29, 0.717) is 25.3 Å². The number of ether oxygens (including phenoxy) is 1. The highest BCUT2D eigenvalue weighted by molar-refractivity contribution is 5.94. The van der Waals surface area contributed by atoms with E-state index in [1.807, 2.05) is 0 Å². The Bertz CT molecular complexity index is 720. The molecule has 1 saturated carbocycles. The summed E-state index contributed by atoms with van der Waals surface area (Å²) in [7, 11) is 0. The number of piperidine rings is 1. The molecule has 0 aromatic heterocycles. The van der Waals surface area contributed by atoms with Crippen LogP contribution in [0.5, 0.6) is 5.75 Å². The first-order valence-corrected chi connectivity index (χ1v) is 11.2. The number of aliphatic hydroxyl groups excluding tert-OH is 1. The zero-order valence-electron chi connectivity index (χ0n) is 17.4. The van der Waals surface area contributed by atoms with Crippen LogP contribution in [0.2, 0.25) is 0 Å². The maximum Gasteiger partial charge on any atom is 0.256 e. The van der Waals surface area contributed by atoms with E-state index in [1.165, 1.54) is 49.4 Å². The molecule has 3 atom stereocenters. The van der Waals surface area contributed by atoms with Gasteiger partial charge in [-0.3, -0.25) is 4.79 Å². The van der Waals surface area contributed by atoms with Crippen molar-refractivity contribution in [1.82, 2.24) is 9.80 Å². The topological polar surface area (TPSA) is 53.0 Å². The third-order valence-electron chi connectivity index (χ3n) is 7.04. The van der Waals surface area contributed by atoms with Crippen LogP contribution in [0.3, 0.4) is 0 Å². The lowest BCUT2D eigenvalue weighted by Gasteiger charge is -2.31. The number of carbonyl (C=O) groups excluding carboxylic acids is 1. The molecule has 2 heterocycles. The fourth-order valence-corrected chi connectivity index (χ4v) is 5.06. The van der Waals surface area contributed by atoms with Crippen molar-refractivity contribution < 1.29 is 19.0 Å². The van der Waals surface area contributed by atoms with Crippen molar-refractivity contribution in [3.8, 4) is 5.75 Å². The van der Waals surface area contributed by atoms with Crippen molar-refractivity contribution in [3.05, 3.63) is 29.6 Å². The second-order valence-corrected chi connectivity index (χ2v) is 8.90. The van der Waals surface area contributed by atoms with Gasteiger partial charge in [-0.2, -0.15) is 0 Å². The van der Waals surface area contributed by atoms with Crippen molar-refractivity contribution >= 4 is 5.91 Å². The number of rotatable bonds is 7. The third-order valence-corrected chi connectivity index (χ3v) is 7.04. The fourth-order valence-electron chi connectivity index (χ4n) is 5.06. The Kier molecular flexibility index (Phi) is 6.40. The summed E-state index contributed by atoms with van der Waals surface area (Å²) in [4.78, 5) is 16.4. The number of hydrogen-bond acceptors (Lipinski definition) is 4. The molecular weight excluding hydrogens is 371 g/mol. The summed E-state index contributed by atoms with van der Waals surface area (Å²) in [6.07, 6.45) is 5.02.